The van der Waals surface area contributed by atoms with Crippen LogP contribution in [0.2, 0.25) is 5.02 Å². The Balaban J connectivity index is 1.35. The highest BCUT2D eigenvalue weighted by Gasteiger charge is 2.24. The SMILES string of the molecule is O=C(/C=C/c1ccc(Cl)cc1)Nc1ccc(C(=O)NS(=O)(=O)c2ccc(NCCSc3ccccc3)c([N+](=O)[O-])c2)cc1. The number of amides is 2. The van der Waals surface area contributed by atoms with Crippen LogP contribution in [0.3, 0.4) is 0 Å². The molecule has 3 N–H and O–H groups in total. The molecule has 0 bridgehead atoms. The summed E-state index contributed by atoms with van der Waals surface area (Å²) < 4.78 is 27.7. The largest absolute Gasteiger partial charge is 0.379 e. The predicted octanol–water partition coefficient (Wildman–Crippen LogP) is 6.22. The number of nitro groups is 1. The Morgan fingerprint density at radius 1 is 0.930 bits per heavy atom. The Hall–Kier alpha value is -4.65. The number of halogens is 1. The maximum atomic E-state index is 12.9. The molecule has 0 saturated carbocycles. The highest BCUT2D eigenvalue weighted by Crippen LogP contribution is 2.28. The molecule has 0 heterocycles. The molecule has 0 aliphatic carbocycles. The van der Waals surface area contributed by atoms with Crippen molar-refractivity contribution in [1.82, 2.24) is 4.72 Å². The molecule has 0 spiro atoms. The molecule has 0 aliphatic heterocycles. The van der Waals surface area contributed by atoms with Gasteiger partial charge in [-0.1, -0.05) is 41.9 Å². The molecule has 10 nitrogen and oxygen atoms in total. The van der Waals surface area contributed by atoms with Gasteiger partial charge in [0.1, 0.15) is 5.69 Å². The van der Waals surface area contributed by atoms with Gasteiger partial charge in [-0.25, -0.2) is 13.1 Å². The maximum Gasteiger partial charge on any atom is 0.293 e. The predicted molar refractivity (Wildman–Crippen MR) is 169 cm³/mol. The summed E-state index contributed by atoms with van der Waals surface area (Å²) in [5.74, 6) is -0.729. The van der Waals surface area contributed by atoms with Crippen molar-refractivity contribution in [1.29, 1.82) is 0 Å². The number of nitrogens with one attached hydrogen (secondary N) is 3. The number of benzene rings is 4. The second kappa shape index (κ2) is 14.5. The van der Waals surface area contributed by atoms with Crippen LogP contribution < -0.4 is 15.4 Å². The first-order valence-corrected chi connectivity index (χ1v) is 15.6. The van der Waals surface area contributed by atoms with Gasteiger partial charge in [-0.3, -0.25) is 19.7 Å². The first-order chi connectivity index (χ1) is 20.6. The molecule has 4 aromatic carbocycles. The number of thioether (sulfide) groups is 1. The fourth-order valence-electron chi connectivity index (χ4n) is 3.73. The minimum absolute atomic E-state index is 0.00184. The Morgan fingerprint density at radius 2 is 1.63 bits per heavy atom. The number of rotatable bonds is 12. The molecule has 0 fully saturated rings. The first kappa shape index (κ1) is 31.3. The molecule has 2 amide bonds. The first-order valence-electron chi connectivity index (χ1n) is 12.7. The second-order valence-corrected chi connectivity index (χ2v) is 12.2. The Labute approximate surface area is 257 Å². The van der Waals surface area contributed by atoms with Crippen molar-refractivity contribution in [3.63, 3.8) is 0 Å². The van der Waals surface area contributed by atoms with Gasteiger partial charge in [-0.05, 0) is 72.3 Å². The van der Waals surface area contributed by atoms with E-state index in [1.54, 1.807) is 42.1 Å². The summed E-state index contributed by atoms with van der Waals surface area (Å²) in [6.07, 6.45) is 2.94. The van der Waals surface area contributed by atoms with Crippen LogP contribution in [0.4, 0.5) is 17.1 Å². The molecule has 0 unspecified atom stereocenters. The Kier molecular flexibility index (Phi) is 10.5. The summed E-state index contributed by atoms with van der Waals surface area (Å²) in [6.45, 7) is 0.401. The molecule has 4 aromatic rings. The third-order valence-electron chi connectivity index (χ3n) is 5.84. The zero-order chi connectivity index (χ0) is 30.8. The van der Waals surface area contributed by atoms with Crippen LogP contribution >= 0.6 is 23.4 Å². The molecule has 0 radical (unpaired) electrons. The van der Waals surface area contributed by atoms with Crippen LogP contribution in [0.1, 0.15) is 15.9 Å². The lowest BCUT2D eigenvalue weighted by atomic mass is 10.2. The third kappa shape index (κ3) is 9.17. The average Bonchev–Trinajstić information content (AvgIpc) is 2.99. The van der Waals surface area contributed by atoms with Gasteiger partial charge in [-0.2, -0.15) is 0 Å². The highest BCUT2D eigenvalue weighted by molar-refractivity contribution is 7.99. The smallest absolute Gasteiger partial charge is 0.293 e. The van der Waals surface area contributed by atoms with Crippen LogP contribution in [0.5, 0.6) is 0 Å². The third-order valence-corrected chi connectivity index (χ3v) is 8.44. The molecule has 4 rings (SSSR count). The van der Waals surface area contributed by atoms with Crippen LogP contribution in [0.25, 0.3) is 6.08 Å². The van der Waals surface area contributed by atoms with Crippen LogP contribution in [0, 0.1) is 10.1 Å². The van der Waals surface area contributed by atoms with Crippen molar-refractivity contribution in [2.45, 2.75) is 9.79 Å². The van der Waals surface area contributed by atoms with E-state index < -0.39 is 37.3 Å². The lowest BCUT2D eigenvalue weighted by Gasteiger charge is -2.11. The molecular weight excluding hydrogens is 612 g/mol. The van der Waals surface area contributed by atoms with Gasteiger partial charge in [0.2, 0.25) is 5.91 Å². The number of nitrogens with zero attached hydrogens (tertiary/aromatic N) is 1. The second-order valence-electron chi connectivity index (χ2n) is 8.91. The van der Waals surface area contributed by atoms with Crippen LogP contribution in [-0.4, -0.2) is 37.5 Å². The maximum absolute atomic E-state index is 12.9. The molecule has 0 aliphatic rings. The Morgan fingerprint density at radius 3 is 2.30 bits per heavy atom. The number of carbonyl (C=O) groups excluding carboxylic acids is 2. The molecular formula is C30H25ClN4O6S2. The van der Waals surface area contributed by atoms with E-state index in [2.05, 4.69) is 10.6 Å². The summed E-state index contributed by atoms with van der Waals surface area (Å²) in [6, 6.07) is 25.5. The fraction of sp³-hybridized carbons (Fsp3) is 0.0667. The van der Waals surface area contributed by atoms with Gasteiger partial charge in [-0.15, -0.1) is 11.8 Å². The topological polar surface area (TPSA) is 148 Å². The summed E-state index contributed by atoms with van der Waals surface area (Å²) in [4.78, 5) is 36.5. The number of anilines is 2. The minimum atomic E-state index is -4.43. The van der Waals surface area contributed by atoms with Crippen molar-refractivity contribution in [2.75, 3.05) is 22.9 Å². The van der Waals surface area contributed by atoms with E-state index in [-0.39, 0.29) is 11.3 Å². The summed E-state index contributed by atoms with van der Waals surface area (Å²) in [5, 5.41) is 17.9. The van der Waals surface area contributed by atoms with Crippen molar-refractivity contribution in [3.05, 3.63) is 129 Å². The molecule has 220 valence electrons. The molecule has 13 heteroatoms. The normalized spacial score (nSPS) is 11.2. The van der Waals surface area contributed by atoms with E-state index in [4.69, 9.17) is 11.6 Å². The zero-order valence-electron chi connectivity index (χ0n) is 22.4. The van der Waals surface area contributed by atoms with Gasteiger partial charge < -0.3 is 10.6 Å². The van der Waals surface area contributed by atoms with E-state index in [0.29, 0.717) is 23.0 Å². The number of hydrogen-bond donors (Lipinski definition) is 3. The lowest BCUT2D eigenvalue weighted by molar-refractivity contribution is -0.384. The van der Waals surface area contributed by atoms with Crippen molar-refractivity contribution >= 4 is 68.3 Å². The van der Waals surface area contributed by atoms with Gasteiger partial charge in [0.25, 0.3) is 21.6 Å². The van der Waals surface area contributed by atoms with Crippen LogP contribution in [0.15, 0.2) is 113 Å². The van der Waals surface area contributed by atoms with E-state index in [1.165, 1.54) is 42.5 Å². The molecule has 0 saturated heterocycles. The van der Waals surface area contributed by atoms with Crippen molar-refractivity contribution < 1.29 is 22.9 Å². The molecule has 0 atom stereocenters. The van der Waals surface area contributed by atoms with Crippen molar-refractivity contribution in [3.8, 4) is 0 Å². The van der Waals surface area contributed by atoms with E-state index >= 15 is 0 Å². The molecule has 43 heavy (non-hydrogen) atoms. The number of nitro benzene ring substituents is 1. The monoisotopic (exact) mass is 636 g/mol. The minimum Gasteiger partial charge on any atom is -0.379 e. The van der Waals surface area contributed by atoms with Gasteiger partial charge >= 0.3 is 0 Å². The average molecular weight is 637 g/mol. The fourth-order valence-corrected chi connectivity index (χ4v) is 5.63. The van der Waals surface area contributed by atoms with Gasteiger partial charge in [0.05, 0.1) is 9.82 Å². The van der Waals surface area contributed by atoms with Crippen LogP contribution in [-0.2, 0) is 14.8 Å². The quantitative estimate of drug-likeness (QED) is 0.0546. The highest BCUT2D eigenvalue weighted by atomic mass is 35.5. The van der Waals surface area contributed by atoms with E-state index in [0.717, 1.165) is 16.5 Å². The zero-order valence-corrected chi connectivity index (χ0v) is 24.8. The summed E-state index contributed by atoms with van der Waals surface area (Å²) in [7, 11) is -4.43. The lowest BCUT2D eigenvalue weighted by Crippen LogP contribution is -2.30. The number of carbonyl (C=O) groups is 2. The van der Waals surface area contributed by atoms with Gasteiger partial charge in [0.15, 0.2) is 0 Å². The molecule has 0 aromatic heterocycles. The number of sulfonamides is 1. The van der Waals surface area contributed by atoms with Gasteiger partial charge in [0, 0.05) is 45.6 Å². The van der Waals surface area contributed by atoms with E-state index in [1.807, 2.05) is 35.1 Å². The standard InChI is InChI=1S/C30H25ClN4O6S2/c31-23-11-6-21(7-12-23)8-17-29(36)33-24-13-9-22(10-14-24)30(37)34-43(40,41)26-15-16-27(28(20-26)35(38)39)32-18-19-42-25-4-2-1-3-5-25/h1-17,20,32H,18-19H2,(H,33,36)(H,34,37)/b17-8+. The van der Waals surface area contributed by atoms with Crippen molar-refractivity contribution in [2.24, 2.45) is 0 Å². The summed E-state index contributed by atoms with van der Waals surface area (Å²) in [5.41, 5.74) is 0.879. The number of hydrogen-bond acceptors (Lipinski definition) is 8. The summed E-state index contributed by atoms with van der Waals surface area (Å²) >= 11 is 7.42. The Bertz CT molecular complexity index is 1750. The van der Waals surface area contributed by atoms with E-state index in [9.17, 15) is 28.1 Å².